The van der Waals surface area contributed by atoms with Crippen LogP contribution in [0.15, 0.2) is 132 Å². The van der Waals surface area contributed by atoms with Gasteiger partial charge in [-0.15, -0.1) is 0 Å². The summed E-state index contributed by atoms with van der Waals surface area (Å²) in [6.45, 7) is 47.6. The quantitative estimate of drug-likeness (QED) is 0.140. The fraction of sp³-hybridized carbons (Fsp3) is 0.412. The van der Waals surface area contributed by atoms with Crippen molar-refractivity contribution in [1.29, 1.82) is 0 Å². The van der Waals surface area contributed by atoms with Crippen molar-refractivity contribution in [1.82, 2.24) is 0 Å². The second kappa shape index (κ2) is 18.4. The van der Waals surface area contributed by atoms with Crippen molar-refractivity contribution < 1.29 is 15.6 Å². The Morgan fingerprint density at radius 1 is 0.361 bits per heavy atom. The number of fused-ring (bicyclic) bond motifs is 2. The van der Waals surface area contributed by atoms with Crippen LogP contribution in [0.2, 0.25) is 13.1 Å². The maximum absolute atomic E-state index is 9.40. The third-order valence-corrected chi connectivity index (χ3v) is 68.0. The van der Waals surface area contributed by atoms with Crippen LogP contribution in [0.4, 0.5) is 0 Å². The SMILES string of the molecule is C[SiH](C)[Zr]([Cl])([Cl])([CH]1C(C(C)(C)C)=Cc2c1ccc(-c1ccccc1)c2-c1cc(C(C)(C)C)cc(C(C)(C)C)c1)[CH]1C(C(C)(C)C)=Cc2c1ccc(-c1ccccc1)c2-c1cc(C(C)(C)C)cc(C(C)(C)C)c1. The predicted octanol–water partition coefficient (Wildman–Crippen LogP) is 21.2. The predicted molar refractivity (Wildman–Crippen MR) is 320 cm³/mol. The Balaban J connectivity index is 1.50. The molecule has 2 unspecified atom stereocenters. The summed E-state index contributed by atoms with van der Waals surface area (Å²) in [5, 5.41) is 0. The molecule has 0 radical (unpaired) electrons. The van der Waals surface area contributed by atoms with E-state index >= 15 is 0 Å². The number of benzene rings is 6. The molecular weight excluding hydrogens is 1010 g/mol. The summed E-state index contributed by atoms with van der Waals surface area (Å²) in [5.41, 5.74) is 22.8. The molecule has 72 heavy (non-hydrogen) atoms. The van der Waals surface area contributed by atoms with Crippen molar-refractivity contribution in [3.63, 3.8) is 0 Å². The zero-order valence-electron chi connectivity index (χ0n) is 47.7. The summed E-state index contributed by atoms with van der Waals surface area (Å²) >= 11 is -5.42. The number of halogens is 2. The molecule has 0 fully saturated rings. The van der Waals surface area contributed by atoms with E-state index in [9.17, 15) is 17.0 Å². The average Bonchev–Trinajstić information content (AvgIpc) is 3.90. The first kappa shape index (κ1) is 54.7. The van der Waals surface area contributed by atoms with E-state index in [0.29, 0.717) is 0 Å². The van der Waals surface area contributed by atoms with Gasteiger partial charge < -0.3 is 0 Å². The number of hydrogen-bond acceptors (Lipinski definition) is 0. The Bertz CT molecular complexity index is 2850. The Hall–Kier alpha value is -3.52. The van der Waals surface area contributed by atoms with Gasteiger partial charge in [0.2, 0.25) is 0 Å². The first-order chi connectivity index (χ1) is 33.0. The van der Waals surface area contributed by atoms with Crippen molar-refractivity contribution in [3.05, 3.63) is 177 Å². The van der Waals surface area contributed by atoms with Crippen LogP contribution in [0.1, 0.15) is 176 Å². The van der Waals surface area contributed by atoms with Crippen LogP contribution in [-0.2, 0) is 37.2 Å². The monoisotopic (exact) mass is 1090 g/mol. The molecule has 2 atom stereocenters. The molecule has 0 aromatic heterocycles. The van der Waals surface area contributed by atoms with Crippen LogP contribution < -0.4 is 0 Å². The van der Waals surface area contributed by atoms with Gasteiger partial charge in [0.1, 0.15) is 0 Å². The van der Waals surface area contributed by atoms with Gasteiger partial charge in [-0.2, -0.15) is 0 Å². The number of rotatable bonds is 7. The van der Waals surface area contributed by atoms with Crippen LogP contribution in [0.5, 0.6) is 0 Å². The Labute approximate surface area is 446 Å². The van der Waals surface area contributed by atoms with E-state index in [4.69, 9.17) is 0 Å². The molecule has 0 heterocycles. The molecule has 0 saturated carbocycles. The molecule has 0 N–H and O–H groups in total. The van der Waals surface area contributed by atoms with Gasteiger partial charge in [-0.1, -0.05) is 0 Å². The number of hydrogen-bond donors (Lipinski definition) is 0. The normalized spacial score (nSPS) is 17.3. The molecule has 0 nitrogen and oxygen atoms in total. The summed E-state index contributed by atoms with van der Waals surface area (Å²) in [5.74, 6) is -1.95. The summed E-state index contributed by atoms with van der Waals surface area (Å²) in [6.07, 6.45) is 5.17. The molecule has 4 heteroatoms. The zero-order chi connectivity index (χ0) is 53.1. The average molecular weight is 1090 g/mol. The van der Waals surface area contributed by atoms with Gasteiger partial charge in [-0.05, 0) is 0 Å². The van der Waals surface area contributed by atoms with E-state index in [1.807, 2.05) is 0 Å². The fourth-order valence-corrected chi connectivity index (χ4v) is 43.2. The molecule has 0 saturated heterocycles. The van der Waals surface area contributed by atoms with Crippen LogP contribution in [0.3, 0.4) is 0 Å². The molecule has 8 rings (SSSR count). The van der Waals surface area contributed by atoms with Gasteiger partial charge in [0, 0.05) is 0 Å². The van der Waals surface area contributed by atoms with Gasteiger partial charge >= 0.3 is 450 Å². The first-order valence-corrected chi connectivity index (χ1v) is 43.1. The fourth-order valence-electron chi connectivity index (χ4n) is 11.8. The minimum absolute atomic E-state index is 0.0475. The van der Waals surface area contributed by atoms with E-state index in [2.05, 4.69) is 271 Å². The van der Waals surface area contributed by atoms with E-state index in [1.165, 1.54) is 100 Å². The van der Waals surface area contributed by atoms with Crippen LogP contribution in [0.25, 0.3) is 56.7 Å². The van der Waals surface area contributed by atoms with Gasteiger partial charge in [-0.25, -0.2) is 0 Å². The molecule has 2 aliphatic rings. The maximum atomic E-state index is 9.40. The molecule has 379 valence electrons. The topological polar surface area (TPSA) is 0 Å². The van der Waals surface area contributed by atoms with Crippen LogP contribution >= 0.6 is 17.0 Å². The molecule has 6 aromatic carbocycles. The van der Waals surface area contributed by atoms with Crippen molar-refractivity contribution >= 4 is 35.1 Å². The Morgan fingerprint density at radius 3 is 0.903 bits per heavy atom. The molecule has 6 aromatic rings. The third-order valence-electron chi connectivity index (χ3n) is 16.4. The molecule has 0 bridgehead atoms. The second-order valence-electron chi connectivity index (χ2n) is 28.3. The summed E-state index contributed by atoms with van der Waals surface area (Å²) in [7, 11) is 18.8. The number of allylic oxidation sites excluding steroid dienone is 2. The second-order valence-corrected chi connectivity index (χ2v) is 70.8. The molecular formula is C68H85Cl2SiZr. The van der Waals surface area contributed by atoms with Crippen LogP contribution in [0, 0.1) is 10.8 Å². The molecule has 2 aliphatic carbocycles. The summed E-state index contributed by atoms with van der Waals surface area (Å²) in [4.78, 5) is 0. The molecule has 0 amide bonds. The van der Waals surface area contributed by atoms with Gasteiger partial charge in [0.15, 0.2) is 0 Å². The van der Waals surface area contributed by atoms with E-state index < -0.39 is 21.5 Å². The van der Waals surface area contributed by atoms with E-state index in [0.717, 1.165) is 0 Å². The van der Waals surface area contributed by atoms with E-state index in [-0.39, 0.29) is 39.7 Å². The van der Waals surface area contributed by atoms with Crippen molar-refractivity contribution in [2.24, 2.45) is 10.8 Å². The summed E-state index contributed by atoms with van der Waals surface area (Å²) in [6, 6.07) is 46.7. The van der Waals surface area contributed by atoms with Crippen molar-refractivity contribution in [2.45, 2.75) is 167 Å². The van der Waals surface area contributed by atoms with Gasteiger partial charge in [-0.3, -0.25) is 0 Å². The van der Waals surface area contributed by atoms with Crippen molar-refractivity contribution in [2.75, 3.05) is 0 Å². The van der Waals surface area contributed by atoms with Gasteiger partial charge in [0.05, 0.1) is 0 Å². The first-order valence-electron chi connectivity index (χ1n) is 26.8. The zero-order valence-corrected chi connectivity index (χ0v) is 52.8. The van der Waals surface area contributed by atoms with Crippen LogP contribution in [-0.4, -0.2) is 5.92 Å². The molecule has 0 aliphatic heterocycles. The Morgan fingerprint density at radius 2 is 0.653 bits per heavy atom. The standard InChI is InChI=1S/2C33H39.C2H7Si.2ClH.Zr/c2*1-31(2,3)25-18-24(19-26(20-25)32(4,5)6)30-28(22-13-11-10-12-14-22)16-15-23-17-27(21-29(23)30)33(7,8)9;1-3-2;;;/h2*10-21H,1-9H3;3H,1-2H3;2*1H;/q;;;;;+2/p-2. The summed E-state index contributed by atoms with van der Waals surface area (Å²) < 4.78 is -0.188. The van der Waals surface area contributed by atoms with Crippen molar-refractivity contribution in [3.8, 4) is 44.5 Å². The Kier molecular flexibility index (Phi) is 14.0. The molecule has 0 spiro atoms. The minimum atomic E-state index is -5.42. The van der Waals surface area contributed by atoms with E-state index in [1.54, 1.807) is 0 Å². The van der Waals surface area contributed by atoms with Gasteiger partial charge in [0.25, 0.3) is 0 Å². The third kappa shape index (κ3) is 9.81.